The van der Waals surface area contributed by atoms with E-state index in [1.165, 1.54) is 231 Å². The third-order valence-electron chi connectivity index (χ3n) is 13.9. The van der Waals surface area contributed by atoms with E-state index in [1.54, 1.807) is 6.08 Å². The van der Waals surface area contributed by atoms with Gasteiger partial charge in [-0.1, -0.05) is 275 Å². The quantitative estimate of drug-likeness (QED) is 0.0243. The summed E-state index contributed by atoms with van der Waals surface area (Å²) in [5, 5.41) is 14.0. The molecule has 8 nitrogen and oxygen atoms in total. The maximum absolute atomic E-state index is 13.0. The van der Waals surface area contributed by atoms with E-state index < -0.39 is 20.0 Å². The molecule has 0 spiro atoms. The van der Waals surface area contributed by atoms with Gasteiger partial charge in [0.25, 0.3) is 0 Å². The maximum Gasteiger partial charge on any atom is 0.472 e. The van der Waals surface area contributed by atoms with Gasteiger partial charge in [0, 0.05) is 6.42 Å². The van der Waals surface area contributed by atoms with Crippen LogP contribution in [0.5, 0.6) is 0 Å². The molecule has 0 aliphatic carbocycles. The minimum absolute atomic E-state index is 0.0627. The molecule has 0 aromatic carbocycles. The van der Waals surface area contributed by atoms with Crippen molar-refractivity contribution in [3.63, 3.8) is 0 Å². The second kappa shape index (κ2) is 52.6. The number of carbonyl (C=O) groups is 1. The second-order valence-corrected chi connectivity index (χ2v) is 23.5. The first-order valence-corrected chi connectivity index (χ1v) is 31.9. The summed E-state index contributed by atoms with van der Waals surface area (Å²) in [4.78, 5) is 23.3. The van der Waals surface area contributed by atoms with Crippen LogP contribution in [0.25, 0.3) is 0 Å². The van der Waals surface area contributed by atoms with Crippen molar-refractivity contribution in [1.82, 2.24) is 5.32 Å². The lowest BCUT2D eigenvalue weighted by Gasteiger charge is -2.25. The summed E-state index contributed by atoms with van der Waals surface area (Å²) in [6.07, 6.45) is 68.2. The van der Waals surface area contributed by atoms with Crippen molar-refractivity contribution < 1.29 is 32.9 Å². The number of rotatable bonds is 56. The van der Waals surface area contributed by atoms with Gasteiger partial charge in [0.05, 0.1) is 39.9 Å². The van der Waals surface area contributed by atoms with Crippen LogP contribution < -0.4 is 5.32 Å². The highest BCUT2D eigenvalue weighted by Gasteiger charge is 2.27. The van der Waals surface area contributed by atoms with Crippen LogP contribution in [-0.4, -0.2) is 73.4 Å². The van der Waals surface area contributed by atoms with Gasteiger partial charge in [-0.3, -0.25) is 13.8 Å². The molecule has 70 heavy (non-hydrogen) atoms. The molecular weight excluding hydrogens is 888 g/mol. The molecule has 0 heterocycles. The van der Waals surface area contributed by atoms with Gasteiger partial charge in [-0.25, -0.2) is 4.57 Å². The molecule has 0 aliphatic rings. The Morgan fingerprint density at radius 2 is 0.814 bits per heavy atom. The first kappa shape index (κ1) is 68.7. The Morgan fingerprint density at radius 3 is 1.17 bits per heavy atom. The number of hydrogen-bond donors (Lipinski definition) is 3. The van der Waals surface area contributed by atoms with Gasteiger partial charge in [-0.15, -0.1) is 0 Å². The first-order chi connectivity index (χ1) is 34.0. The summed E-state index contributed by atoms with van der Waals surface area (Å²) in [5.41, 5.74) is 0. The van der Waals surface area contributed by atoms with Crippen LogP contribution >= 0.6 is 7.82 Å². The molecular formula is C61H120N2O6P+. The highest BCUT2D eigenvalue weighted by atomic mass is 31.2. The van der Waals surface area contributed by atoms with Gasteiger partial charge in [0.2, 0.25) is 5.91 Å². The van der Waals surface area contributed by atoms with Gasteiger partial charge in [-0.2, -0.15) is 0 Å². The zero-order chi connectivity index (χ0) is 51.3. The van der Waals surface area contributed by atoms with Crippen molar-refractivity contribution in [1.29, 1.82) is 0 Å². The van der Waals surface area contributed by atoms with Crippen molar-refractivity contribution in [2.75, 3.05) is 40.9 Å². The molecule has 0 saturated heterocycles. The number of nitrogens with one attached hydrogen (secondary N) is 1. The molecule has 414 valence electrons. The highest BCUT2D eigenvalue weighted by Crippen LogP contribution is 2.43. The van der Waals surface area contributed by atoms with E-state index >= 15 is 0 Å². The standard InChI is InChI=1S/C61H119N2O6P/c1-6-8-10-12-14-16-18-20-22-24-26-28-29-30-31-32-33-35-37-39-41-43-45-47-49-51-53-55-61(65)62-59(58-69-70(66,67)68-57-56-63(3,4)5)60(64)54-52-50-48-46-44-42-40-38-36-34-27-25-23-21-19-17-15-13-11-9-7-2/h18,20,24,26,52,54,59-60,64H,6-17,19,21-23,25,27-51,53,55-58H2,1-5H3,(H-,62,65,66,67)/p+1/b20-18-,26-24-,54-52+. The number of aliphatic hydroxyl groups is 1. The summed E-state index contributed by atoms with van der Waals surface area (Å²) in [6, 6.07) is -0.846. The normalized spacial score (nSPS) is 14.1. The number of aliphatic hydroxyl groups excluding tert-OH is 1. The Morgan fingerprint density at radius 1 is 0.486 bits per heavy atom. The fraction of sp³-hybridized carbons (Fsp3) is 0.885. The van der Waals surface area contributed by atoms with E-state index in [9.17, 15) is 19.4 Å². The highest BCUT2D eigenvalue weighted by molar-refractivity contribution is 7.47. The van der Waals surface area contributed by atoms with E-state index in [1.807, 2.05) is 27.2 Å². The van der Waals surface area contributed by atoms with Gasteiger partial charge >= 0.3 is 7.82 Å². The number of hydrogen-bond acceptors (Lipinski definition) is 5. The van der Waals surface area contributed by atoms with Crippen LogP contribution in [0.1, 0.15) is 296 Å². The smallest absolute Gasteiger partial charge is 0.387 e. The molecule has 0 fully saturated rings. The van der Waals surface area contributed by atoms with Crippen LogP contribution in [0.15, 0.2) is 36.5 Å². The van der Waals surface area contributed by atoms with Crippen molar-refractivity contribution in [2.24, 2.45) is 0 Å². The van der Waals surface area contributed by atoms with E-state index in [-0.39, 0.29) is 19.1 Å². The van der Waals surface area contributed by atoms with Gasteiger partial charge < -0.3 is 19.8 Å². The molecule has 0 aliphatic heterocycles. The van der Waals surface area contributed by atoms with E-state index in [0.29, 0.717) is 17.4 Å². The number of carbonyl (C=O) groups excluding carboxylic acids is 1. The fourth-order valence-corrected chi connectivity index (χ4v) is 9.81. The summed E-state index contributed by atoms with van der Waals surface area (Å²) >= 11 is 0. The van der Waals surface area contributed by atoms with Crippen LogP contribution in [0, 0.1) is 0 Å². The molecule has 3 N–H and O–H groups in total. The Hall–Kier alpha value is -1.28. The number of nitrogens with zero attached hydrogens (tertiary/aromatic N) is 1. The van der Waals surface area contributed by atoms with E-state index in [0.717, 1.165) is 44.9 Å². The number of unbranched alkanes of at least 4 members (excludes halogenated alkanes) is 39. The van der Waals surface area contributed by atoms with Crippen LogP contribution in [0.4, 0.5) is 0 Å². The van der Waals surface area contributed by atoms with Crippen molar-refractivity contribution in [2.45, 2.75) is 309 Å². The average molecular weight is 1010 g/mol. The maximum atomic E-state index is 13.0. The average Bonchev–Trinajstić information content (AvgIpc) is 3.32. The van der Waals surface area contributed by atoms with Crippen LogP contribution in [0.2, 0.25) is 0 Å². The Labute approximate surface area is 436 Å². The zero-order valence-corrected chi connectivity index (χ0v) is 48.2. The predicted octanol–water partition coefficient (Wildman–Crippen LogP) is 18.5. The number of likely N-dealkylation sites (N-methyl/N-ethyl adjacent to an activating group) is 1. The fourth-order valence-electron chi connectivity index (χ4n) is 9.08. The monoisotopic (exact) mass is 1010 g/mol. The Bertz CT molecular complexity index is 1230. The lowest BCUT2D eigenvalue weighted by Crippen LogP contribution is -2.45. The predicted molar refractivity (Wildman–Crippen MR) is 304 cm³/mol. The summed E-state index contributed by atoms with van der Waals surface area (Å²) < 4.78 is 23.7. The molecule has 0 saturated carbocycles. The Balaban J connectivity index is 4.15. The first-order valence-electron chi connectivity index (χ1n) is 30.4. The van der Waals surface area contributed by atoms with Gasteiger partial charge in [0.1, 0.15) is 13.2 Å². The minimum atomic E-state index is -4.35. The third-order valence-corrected chi connectivity index (χ3v) is 14.8. The van der Waals surface area contributed by atoms with Crippen molar-refractivity contribution >= 4 is 13.7 Å². The van der Waals surface area contributed by atoms with Crippen LogP contribution in [-0.2, 0) is 18.4 Å². The third kappa shape index (κ3) is 54.5. The van der Waals surface area contributed by atoms with Crippen molar-refractivity contribution in [3.05, 3.63) is 36.5 Å². The molecule has 0 bridgehead atoms. The lowest BCUT2D eigenvalue weighted by molar-refractivity contribution is -0.870. The van der Waals surface area contributed by atoms with E-state index in [4.69, 9.17) is 9.05 Å². The number of amides is 1. The molecule has 0 aromatic rings. The lowest BCUT2D eigenvalue weighted by atomic mass is 10.0. The Kier molecular flexibility index (Phi) is 51.6. The second-order valence-electron chi connectivity index (χ2n) is 22.1. The summed E-state index contributed by atoms with van der Waals surface area (Å²) in [5.74, 6) is -0.173. The number of quaternary nitrogens is 1. The molecule has 1 amide bonds. The molecule has 3 unspecified atom stereocenters. The number of allylic oxidation sites excluding steroid dienone is 5. The number of phosphoric acid groups is 1. The summed E-state index contributed by atoms with van der Waals surface area (Å²) in [7, 11) is 1.58. The zero-order valence-electron chi connectivity index (χ0n) is 47.3. The van der Waals surface area contributed by atoms with Gasteiger partial charge in [-0.05, 0) is 51.4 Å². The largest absolute Gasteiger partial charge is 0.472 e. The molecule has 0 rings (SSSR count). The van der Waals surface area contributed by atoms with Crippen molar-refractivity contribution in [3.8, 4) is 0 Å². The minimum Gasteiger partial charge on any atom is -0.387 e. The van der Waals surface area contributed by atoms with E-state index in [2.05, 4.69) is 43.5 Å². The topological polar surface area (TPSA) is 105 Å². The molecule has 0 radical (unpaired) electrons. The summed E-state index contributed by atoms with van der Waals surface area (Å²) in [6.45, 7) is 4.85. The van der Waals surface area contributed by atoms with Crippen LogP contribution in [0.3, 0.4) is 0 Å². The molecule has 9 heteroatoms. The van der Waals surface area contributed by atoms with Gasteiger partial charge in [0.15, 0.2) is 0 Å². The molecule has 0 aromatic heterocycles. The molecule has 3 atom stereocenters. The SMILES string of the molecule is CCCCCCC/C=C\C/C=C\CCCCCCCCCCCCCCCCCC(=O)NC(COP(=O)(O)OCC[N+](C)(C)C)C(O)/C=C/CCCCCCCCCCCCCCCCCCCCC. The number of phosphoric ester groups is 1.